The molecule has 0 unspecified atom stereocenters. The van der Waals surface area contributed by atoms with E-state index in [1.54, 1.807) is 6.07 Å². The van der Waals surface area contributed by atoms with E-state index in [4.69, 9.17) is 14.2 Å². The Balaban J connectivity index is 1.95. The Bertz CT molecular complexity index is 749. The van der Waals surface area contributed by atoms with Gasteiger partial charge >= 0.3 is 0 Å². The Labute approximate surface area is 169 Å². The smallest absolute Gasteiger partial charge is 0.262 e. The Morgan fingerprint density at radius 3 is 2.59 bits per heavy atom. The zero-order chi connectivity index (χ0) is 19.6. The fourth-order valence-corrected chi connectivity index (χ4v) is 2.86. The van der Waals surface area contributed by atoms with E-state index in [9.17, 15) is 4.79 Å². The second-order valence-corrected chi connectivity index (χ2v) is 7.13. The summed E-state index contributed by atoms with van der Waals surface area (Å²) < 4.78 is 17.7. The number of carbonyl (C=O) groups is 1. The van der Waals surface area contributed by atoms with Gasteiger partial charge in [0.15, 0.2) is 6.61 Å². The molecule has 2 aromatic rings. The van der Waals surface area contributed by atoms with Crippen LogP contribution in [0.2, 0.25) is 0 Å². The van der Waals surface area contributed by atoms with Gasteiger partial charge in [-0.2, -0.15) is 0 Å². The number of rotatable bonds is 10. The molecular weight excluding hydrogens is 410 g/mol. The summed E-state index contributed by atoms with van der Waals surface area (Å²) in [5.74, 6) is 1.37. The SMILES string of the molecule is CCOCCOc1ccccc1NC(=O)COc1ccc(Br)cc1C(C)C. The molecule has 0 aromatic heterocycles. The fourth-order valence-electron chi connectivity index (χ4n) is 2.48. The topological polar surface area (TPSA) is 56.8 Å². The number of hydrogen-bond donors (Lipinski definition) is 1. The first-order valence-corrected chi connectivity index (χ1v) is 9.82. The van der Waals surface area contributed by atoms with Crippen molar-refractivity contribution in [3.8, 4) is 11.5 Å². The summed E-state index contributed by atoms with van der Waals surface area (Å²) in [6, 6.07) is 13.1. The number of nitrogens with one attached hydrogen (secondary N) is 1. The van der Waals surface area contributed by atoms with E-state index in [0.717, 1.165) is 10.0 Å². The van der Waals surface area contributed by atoms with Crippen molar-refractivity contribution in [1.29, 1.82) is 0 Å². The first-order valence-electron chi connectivity index (χ1n) is 9.03. The minimum atomic E-state index is -0.242. The van der Waals surface area contributed by atoms with Gasteiger partial charge in [-0.05, 0) is 48.7 Å². The molecule has 146 valence electrons. The molecule has 0 aliphatic rings. The number of anilines is 1. The first kappa shape index (κ1) is 21.3. The quantitative estimate of drug-likeness (QED) is 0.533. The summed E-state index contributed by atoms with van der Waals surface area (Å²) in [5.41, 5.74) is 1.67. The molecule has 0 atom stereocenters. The Hall–Kier alpha value is -2.05. The molecule has 0 heterocycles. The van der Waals surface area contributed by atoms with Crippen LogP contribution in [0.25, 0.3) is 0 Å². The number of para-hydroxylation sites is 2. The zero-order valence-electron chi connectivity index (χ0n) is 16.0. The Morgan fingerprint density at radius 2 is 1.85 bits per heavy atom. The maximum atomic E-state index is 12.3. The molecule has 0 fully saturated rings. The molecular formula is C21H26BrNO4. The van der Waals surface area contributed by atoms with E-state index >= 15 is 0 Å². The lowest BCUT2D eigenvalue weighted by Gasteiger charge is -2.15. The van der Waals surface area contributed by atoms with Crippen LogP contribution in [-0.2, 0) is 9.53 Å². The first-order chi connectivity index (χ1) is 13.0. The number of hydrogen-bond acceptors (Lipinski definition) is 4. The number of carbonyl (C=O) groups excluding carboxylic acids is 1. The van der Waals surface area contributed by atoms with Gasteiger partial charge in [-0.25, -0.2) is 0 Å². The van der Waals surface area contributed by atoms with Crippen LogP contribution in [-0.4, -0.2) is 32.3 Å². The third-order valence-electron chi connectivity index (χ3n) is 3.80. The predicted molar refractivity (Wildman–Crippen MR) is 111 cm³/mol. The van der Waals surface area contributed by atoms with E-state index in [1.807, 2.05) is 43.3 Å². The predicted octanol–water partition coefficient (Wildman–Crippen LogP) is 5.01. The molecule has 0 aliphatic heterocycles. The molecule has 1 amide bonds. The van der Waals surface area contributed by atoms with Crippen LogP contribution in [0.15, 0.2) is 46.9 Å². The summed E-state index contributed by atoms with van der Waals surface area (Å²) in [6.07, 6.45) is 0. The van der Waals surface area contributed by atoms with Crippen molar-refractivity contribution in [3.05, 3.63) is 52.5 Å². The van der Waals surface area contributed by atoms with E-state index in [2.05, 4.69) is 35.1 Å². The molecule has 1 N–H and O–H groups in total. The van der Waals surface area contributed by atoms with Crippen molar-refractivity contribution in [2.75, 3.05) is 31.7 Å². The lowest BCUT2D eigenvalue weighted by atomic mass is 10.0. The molecule has 5 nitrogen and oxygen atoms in total. The molecule has 27 heavy (non-hydrogen) atoms. The van der Waals surface area contributed by atoms with Gasteiger partial charge < -0.3 is 19.5 Å². The molecule has 0 saturated heterocycles. The third-order valence-corrected chi connectivity index (χ3v) is 4.30. The minimum Gasteiger partial charge on any atom is -0.489 e. The third kappa shape index (κ3) is 6.88. The maximum absolute atomic E-state index is 12.3. The van der Waals surface area contributed by atoms with Crippen molar-refractivity contribution in [2.24, 2.45) is 0 Å². The van der Waals surface area contributed by atoms with Crippen molar-refractivity contribution in [3.63, 3.8) is 0 Å². The van der Waals surface area contributed by atoms with Gasteiger partial charge in [-0.3, -0.25) is 4.79 Å². The molecule has 6 heteroatoms. The Morgan fingerprint density at radius 1 is 1.07 bits per heavy atom. The number of ether oxygens (including phenoxy) is 3. The lowest BCUT2D eigenvalue weighted by molar-refractivity contribution is -0.118. The van der Waals surface area contributed by atoms with Crippen molar-refractivity contribution in [1.82, 2.24) is 0 Å². The highest BCUT2D eigenvalue weighted by molar-refractivity contribution is 9.10. The van der Waals surface area contributed by atoms with Crippen LogP contribution in [0, 0.1) is 0 Å². The number of amides is 1. The van der Waals surface area contributed by atoms with Gasteiger partial charge in [-0.1, -0.05) is 41.9 Å². The average Bonchev–Trinajstić information content (AvgIpc) is 2.65. The van der Waals surface area contributed by atoms with Crippen LogP contribution in [0.5, 0.6) is 11.5 Å². The van der Waals surface area contributed by atoms with Crippen LogP contribution >= 0.6 is 15.9 Å². The van der Waals surface area contributed by atoms with Crippen LogP contribution < -0.4 is 14.8 Å². The zero-order valence-corrected chi connectivity index (χ0v) is 17.5. The standard InChI is InChI=1S/C21H26BrNO4/c1-4-25-11-12-26-20-8-6-5-7-18(20)23-21(24)14-27-19-10-9-16(22)13-17(19)15(2)3/h5-10,13,15H,4,11-12,14H2,1-3H3,(H,23,24). The van der Waals surface area contributed by atoms with Gasteiger partial charge in [0, 0.05) is 11.1 Å². The minimum absolute atomic E-state index is 0.0748. The molecule has 0 spiro atoms. The normalized spacial score (nSPS) is 10.7. The Kier molecular flexibility index (Phi) is 8.61. The summed E-state index contributed by atoms with van der Waals surface area (Å²) >= 11 is 3.47. The highest BCUT2D eigenvalue weighted by Crippen LogP contribution is 2.29. The van der Waals surface area contributed by atoms with Crippen LogP contribution in [0.3, 0.4) is 0 Å². The van der Waals surface area contributed by atoms with Crippen LogP contribution in [0.4, 0.5) is 5.69 Å². The number of benzene rings is 2. The summed E-state index contributed by atoms with van der Waals surface area (Å²) in [7, 11) is 0. The van der Waals surface area contributed by atoms with Gasteiger partial charge in [0.1, 0.15) is 18.1 Å². The fraction of sp³-hybridized carbons (Fsp3) is 0.381. The average molecular weight is 436 g/mol. The molecule has 0 bridgehead atoms. The van der Waals surface area contributed by atoms with Crippen molar-refractivity contribution in [2.45, 2.75) is 26.7 Å². The molecule has 2 rings (SSSR count). The van der Waals surface area contributed by atoms with Crippen molar-refractivity contribution >= 4 is 27.5 Å². The molecule has 0 saturated carbocycles. The summed E-state index contributed by atoms with van der Waals surface area (Å²) in [6.45, 7) is 7.61. The molecule has 0 radical (unpaired) electrons. The van der Waals surface area contributed by atoms with E-state index < -0.39 is 0 Å². The van der Waals surface area contributed by atoms with Gasteiger partial charge in [0.2, 0.25) is 0 Å². The lowest BCUT2D eigenvalue weighted by Crippen LogP contribution is -2.21. The largest absolute Gasteiger partial charge is 0.489 e. The van der Waals surface area contributed by atoms with Gasteiger partial charge in [0.05, 0.1) is 12.3 Å². The maximum Gasteiger partial charge on any atom is 0.262 e. The molecule has 0 aliphatic carbocycles. The van der Waals surface area contributed by atoms with E-state index in [-0.39, 0.29) is 12.5 Å². The monoisotopic (exact) mass is 435 g/mol. The van der Waals surface area contributed by atoms with Crippen molar-refractivity contribution < 1.29 is 19.0 Å². The van der Waals surface area contributed by atoms with E-state index in [0.29, 0.717) is 42.9 Å². The summed E-state index contributed by atoms with van der Waals surface area (Å²) in [4.78, 5) is 12.3. The van der Waals surface area contributed by atoms with Gasteiger partial charge in [-0.15, -0.1) is 0 Å². The highest BCUT2D eigenvalue weighted by atomic mass is 79.9. The molecule has 2 aromatic carbocycles. The second-order valence-electron chi connectivity index (χ2n) is 6.22. The van der Waals surface area contributed by atoms with E-state index in [1.165, 1.54) is 0 Å². The highest BCUT2D eigenvalue weighted by Gasteiger charge is 2.12. The van der Waals surface area contributed by atoms with Crippen LogP contribution in [0.1, 0.15) is 32.3 Å². The second kappa shape index (κ2) is 10.9. The number of halogens is 1. The van der Waals surface area contributed by atoms with Gasteiger partial charge in [0.25, 0.3) is 5.91 Å². The summed E-state index contributed by atoms with van der Waals surface area (Å²) in [5, 5.41) is 2.84.